The number of fused-ring (bicyclic) bond motifs is 1. The summed E-state index contributed by atoms with van der Waals surface area (Å²) in [4.78, 5) is 0. The van der Waals surface area contributed by atoms with Gasteiger partial charge in [-0.15, -0.1) is 0 Å². The molecule has 0 spiro atoms. The number of rotatable bonds is 6. The van der Waals surface area contributed by atoms with E-state index >= 15 is 0 Å². The van der Waals surface area contributed by atoms with Gasteiger partial charge in [0.1, 0.15) is 11.9 Å². The summed E-state index contributed by atoms with van der Waals surface area (Å²) in [6.07, 6.45) is 6.91. The van der Waals surface area contributed by atoms with Gasteiger partial charge in [0.25, 0.3) is 0 Å². The molecule has 1 atom stereocenters. The molecule has 0 amide bonds. The van der Waals surface area contributed by atoms with Crippen molar-refractivity contribution >= 4 is 0 Å². The second-order valence-electron chi connectivity index (χ2n) is 6.44. The van der Waals surface area contributed by atoms with E-state index in [1.165, 1.54) is 43.4 Å². The first-order chi connectivity index (χ1) is 9.21. The van der Waals surface area contributed by atoms with Crippen LogP contribution in [0.25, 0.3) is 0 Å². The lowest BCUT2D eigenvalue weighted by molar-refractivity contribution is 0.222. The topological polar surface area (TPSA) is 21.3 Å². The highest BCUT2D eigenvalue weighted by atomic mass is 16.5. The smallest absolute Gasteiger partial charge is 0.123 e. The second kappa shape index (κ2) is 5.16. The predicted molar refractivity (Wildman–Crippen MR) is 78.7 cm³/mol. The molecular formula is C17H25NO. The maximum Gasteiger partial charge on any atom is 0.123 e. The SMILES string of the molecule is CCCC1(CNCC2Cc3cc(C)ccc3O2)CC1. The molecule has 2 aliphatic rings. The minimum Gasteiger partial charge on any atom is -0.488 e. The highest BCUT2D eigenvalue weighted by Crippen LogP contribution is 2.48. The van der Waals surface area contributed by atoms with E-state index in [-0.39, 0.29) is 0 Å². The van der Waals surface area contributed by atoms with Gasteiger partial charge in [0.05, 0.1) is 0 Å². The molecule has 1 saturated carbocycles. The van der Waals surface area contributed by atoms with Crippen molar-refractivity contribution in [2.45, 2.75) is 52.1 Å². The Bertz CT molecular complexity index is 451. The van der Waals surface area contributed by atoms with Crippen molar-refractivity contribution in [3.8, 4) is 5.75 Å². The van der Waals surface area contributed by atoms with Crippen LogP contribution in [0.1, 0.15) is 43.7 Å². The standard InChI is InChI=1S/C17H25NO/c1-3-6-17(7-8-17)12-18-11-15-10-14-9-13(2)4-5-16(14)19-15/h4-5,9,15,18H,3,6-8,10-12H2,1-2H3. The van der Waals surface area contributed by atoms with Crippen molar-refractivity contribution in [1.29, 1.82) is 0 Å². The summed E-state index contributed by atoms with van der Waals surface area (Å²) in [6.45, 7) is 6.60. The van der Waals surface area contributed by atoms with E-state index in [2.05, 4.69) is 37.4 Å². The van der Waals surface area contributed by atoms with Crippen molar-refractivity contribution in [1.82, 2.24) is 5.32 Å². The Morgan fingerprint density at radius 2 is 2.21 bits per heavy atom. The van der Waals surface area contributed by atoms with Crippen molar-refractivity contribution < 1.29 is 4.74 Å². The number of benzene rings is 1. The van der Waals surface area contributed by atoms with Gasteiger partial charge in [-0.2, -0.15) is 0 Å². The Morgan fingerprint density at radius 3 is 2.95 bits per heavy atom. The average molecular weight is 259 g/mol. The highest BCUT2D eigenvalue weighted by Gasteiger charge is 2.41. The third-order valence-corrected chi connectivity index (χ3v) is 4.57. The quantitative estimate of drug-likeness (QED) is 0.844. The fourth-order valence-electron chi connectivity index (χ4n) is 3.28. The summed E-state index contributed by atoms with van der Waals surface area (Å²) >= 11 is 0. The molecule has 19 heavy (non-hydrogen) atoms. The van der Waals surface area contributed by atoms with Gasteiger partial charge in [0, 0.05) is 19.5 Å². The van der Waals surface area contributed by atoms with Gasteiger partial charge in [-0.05, 0) is 43.2 Å². The van der Waals surface area contributed by atoms with Crippen LogP contribution in [-0.2, 0) is 6.42 Å². The molecule has 0 saturated heterocycles. The number of nitrogens with one attached hydrogen (secondary N) is 1. The molecule has 1 heterocycles. The molecule has 2 nitrogen and oxygen atoms in total. The zero-order valence-corrected chi connectivity index (χ0v) is 12.2. The van der Waals surface area contributed by atoms with E-state index in [1.807, 2.05) is 0 Å². The van der Waals surface area contributed by atoms with E-state index in [9.17, 15) is 0 Å². The summed E-state index contributed by atoms with van der Waals surface area (Å²) in [5.74, 6) is 1.09. The Balaban J connectivity index is 1.46. The first-order valence-corrected chi connectivity index (χ1v) is 7.68. The van der Waals surface area contributed by atoms with Crippen molar-refractivity contribution in [3.63, 3.8) is 0 Å². The first kappa shape index (κ1) is 13.0. The Kier molecular flexibility index (Phi) is 3.53. The van der Waals surface area contributed by atoms with Crippen LogP contribution in [0, 0.1) is 12.3 Å². The van der Waals surface area contributed by atoms with E-state index in [1.54, 1.807) is 0 Å². The summed E-state index contributed by atoms with van der Waals surface area (Å²) in [5.41, 5.74) is 3.34. The fraction of sp³-hybridized carbons (Fsp3) is 0.647. The summed E-state index contributed by atoms with van der Waals surface area (Å²) in [7, 11) is 0. The molecule has 3 rings (SSSR count). The van der Waals surface area contributed by atoms with Crippen molar-refractivity contribution in [2.75, 3.05) is 13.1 Å². The lowest BCUT2D eigenvalue weighted by Gasteiger charge is -2.17. The van der Waals surface area contributed by atoms with Crippen LogP contribution < -0.4 is 10.1 Å². The highest BCUT2D eigenvalue weighted by molar-refractivity contribution is 5.40. The number of ether oxygens (including phenoxy) is 1. The molecule has 1 aromatic rings. The molecule has 1 unspecified atom stereocenters. The molecule has 1 aromatic carbocycles. The largest absolute Gasteiger partial charge is 0.488 e. The van der Waals surface area contributed by atoms with Crippen LogP contribution in [0.4, 0.5) is 0 Å². The predicted octanol–water partition coefficient (Wildman–Crippen LogP) is 3.47. The Labute approximate surface area is 116 Å². The van der Waals surface area contributed by atoms with Crippen LogP contribution in [-0.4, -0.2) is 19.2 Å². The van der Waals surface area contributed by atoms with Gasteiger partial charge in [0.2, 0.25) is 0 Å². The molecule has 0 radical (unpaired) electrons. The van der Waals surface area contributed by atoms with Gasteiger partial charge >= 0.3 is 0 Å². The van der Waals surface area contributed by atoms with Crippen LogP contribution >= 0.6 is 0 Å². The monoisotopic (exact) mass is 259 g/mol. The molecule has 0 bridgehead atoms. The fourth-order valence-corrected chi connectivity index (χ4v) is 3.28. The molecule has 2 heteroatoms. The number of aryl methyl sites for hydroxylation is 1. The van der Waals surface area contributed by atoms with Crippen molar-refractivity contribution in [2.24, 2.45) is 5.41 Å². The lowest BCUT2D eigenvalue weighted by Crippen LogP contribution is -2.34. The number of hydrogen-bond acceptors (Lipinski definition) is 2. The van der Waals surface area contributed by atoms with E-state index in [0.717, 1.165) is 18.7 Å². The van der Waals surface area contributed by atoms with Crippen LogP contribution in [0.5, 0.6) is 5.75 Å². The van der Waals surface area contributed by atoms with Gasteiger partial charge in [0.15, 0.2) is 0 Å². The molecule has 1 fully saturated rings. The minimum absolute atomic E-state index is 0.328. The zero-order valence-electron chi connectivity index (χ0n) is 12.2. The third kappa shape index (κ3) is 2.94. The molecule has 1 N–H and O–H groups in total. The number of hydrogen-bond donors (Lipinski definition) is 1. The molecule has 1 aliphatic heterocycles. The average Bonchev–Trinajstić information content (AvgIpc) is 3.01. The lowest BCUT2D eigenvalue weighted by atomic mass is 10.0. The van der Waals surface area contributed by atoms with Gasteiger partial charge in [-0.3, -0.25) is 0 Å². The van der Waals surface area contributed by atoms with Crippen LogP contribution in [0.15, 0.2) is 18.2 Å². The van der Waals surface area contributed by atoms with Gasteiger partial charge in [-0.25, -0.2) is 0 Å². The summed E-state index contributed by atoms with van der Waals surface area (Å²) in [6, 6.07) is 6.51. The van der Waals surface area contributed by atoms with Gasteiger partial charge < -0.3 is 10.1 Å². The van der Waals surface area contributed by atoms with E-state index < -0.39 is 0 Å². The summed E-state index contributed by atoms with van der Waals surface area (Å²) in [5, 5.41) is 3.64. The Morgan fingerprint density at radius 1 is 1.37 bits per heavy atom. The van der Waals surface area contributed by atoms with Gasteiger partial charge in [-0.1, -0.05) is 31.0 Å². The maximum atomic E-state index is 5.99. The third-order valence-electron chi connectivity index (χ3n) is 4.57. The van der Waals surface area contributed by atoms with E-state index in [4.69, 9.17) is 4.74 Å². The normalized spacial score (nSPS) is 22.9. The Hall–Kier alpha value is -1.02. The molecule has 0 aromatic heterocycles. The summed E-state index contributed by atoms with van der Waals surface area (Å²) < 4.78 is 5.99. The van der Waals surface area contributed by atoms with Crippen LogP contribution in [0.2, 0.25) is 0 Å². The minimum atomic E-state index is 0.328. The molecule has 1 aliphatic carbocycles. The maximum absolute atomic E-state index is 5.99. The van der Waals surface area contributed by atoms with Crippen LogP contribution in [0.3, 0.4) is 0 Å². The molecular weight excluding hydrogens is 234 g/mol. The second-order valence-corrected chi connectivity index (χ2v) is 6.44. The zero-order chi connectivity index (χ0) is 13.3. The molecule has 104 valence electrons. The van der Waals surface area contributed by atoms with Crippen molar-refractivity contribution in [3.05, 3.63) is 29.3 Å². The van der Waals surface area contributed by atoms with E-state index in [0.29, 0.717) is 11.5 Å². The first-order valence-electron chi connectivity index (χ1n) is 7.68.